The molecular weight excluding hydrogens is 244 g/mol. The number of aliphatic hydroxyl groups is 1. The van der Waals surface area contributed by atoms with E-state index in [1.807, 2.05) is 18.2 Å². The van der Waals surface area contributed by atoms with E-state index in [-0.39, 0.29) is 12.5 Å². The predicted octanol–water partition coefficient (Wildman–Crippen LogP) is 4.20. The fourth-order valence-corrected chi connectivity index (χ4v) is 2.77. The van der Waals surface area contributed by atoms with Gasteiger partial charge in [-0.15, -0.1) is 6.58 Å². The van der Waals surface area contributed by atoms with Crippen molar-refractivity contribution in [3.63, 3.8) is 0 Å². The van der Waals surface area contributed by atoms with E-state index < -0.39 is 0 Å². The van der Waals surface area contributed by atoms with Gasteiger partial charge in [0.2, 0.25) is 0 Å². The second-order valence-electron chi connectivity index (χ2n) is 5.13. The molecule has 0 bridgehead atoms. The first-order valence-corrected chi connectivity index (χ1v) is 7.17. The molecule has 1 heteroatoms. The summed E-state index contributed by atoms with van der Waals surface area (Å²) in [4.78, 5) is 0. The number of benzene rings is 2. The minimum Gasteiger partial charge on any atom is -0.396 e. The molecule has 2 rings (SSSR count). The lowest BCUT2D eigenvalue weighted by atomic mass is 9.80. The van der Waals surface area contributed by atoms with Gasteiger partial charge in [0.1, 0.15) is 0 Å². The quantitative estimate of drug-likeness (QED) is 0.745. The number of allylic oxidation sites excluding steroid dienone is 1. The third-order valence-electron chi connectivity index (χ3n) is 3.79. The van der Waals surface area contributed by atoms with Crippen LogP contribution in [0.1, 0.15) is 23.5 Å². The fraction of sp³-hybridized carbons (Fsp3) is 0.263. The van der Waals surface area contributed by atoms with Crippen LogP contribution in [0.15, 0.2) is 73.3 Å². The van der Waals surface area contributed by atoms with Gasteiger partial charge in [-0.3, -0.25) is 0 Å². The highest BCUT2D eigenvalue weighted by Crippen LogP contribution is 2.31. The molecule has 0 saturated carbocycles. The summed E-state index contributed by atoms with van der Waals surface area (Å²) in [7, 11) is 0. The van der Waals surface area contributed by atoms with Gasteiger partial charge >= 0.3 is 0 Å². The lowest BCUT2D eigenvalue weighted by Gasteiger charge is -2.24. The average Bonchev–Trinajstić information content (AvgIpc) is 2.50. The Balaban J connectivity index is 2.20. The first-order valence-electron chi connectivity index (χ1n) is 7.17. The summed E-state index contributed by atoms with van der Waals surface area (Å²) in [5.74, 6) is 0.658. The molecule has 0 aliphatic carbocycles. The van der Waals surface area contributed by atoms with Crippen LogP contribution in [0.5, 0.6) is 0 Å². The van der Waals surface area contributed by atoms with Gasteiger partial charge in [0.25, 0.3) is 0 Å². The van der Waals surface area contributed by atoms with Gasteiger partial charge in [-0.1, -0.05) is 66.7 Å². The second-order valence-corrected chi connectivity index (χ2v) is 5.13. The molecule has 0 aromatic heterocycles. The van der Waals surface area contributed by atoms with Crippen LogP contribution in [0.25, 0.3) is 0 Å². The van der Waals surface area contributed by atoms with Gasteiger partial charge in [-0.05, 0) is 29.9 Å². The lowest BCUT2D eigenvalue weighted by molar-refractivity contribution is 0.249. The third-order valence-corrected chi connectivity index (χ3v) is 3.79. The van der Waals surface area contributed by atoms with Gasteiger partial charge in [-0.2, -0.15) is 0 Å². The van der Waals surface area contributed by atoms with Crippen LogP contribution in [0, 0.1) is 5.92 Å². The van der Waals surface area contributed by atoms with Crippen molar-refractivity contribution in [2.75, 3.05) is 6.61 Å². The molecule has 0 aliphatic heterocycles. The molecule has 0 aliphatic rings. The summed E-state index contributed by atoms with van der Waals surface area (Å²) in [6.45, 7) is 4.22. The Kier molecular flexibility index (Phi) is 5.57. The van der Waals surface area contributed by atoms with E-state index in [9.17, 15) is 5.11 Å². The Labute approximate surface area is 121 Å². The summed E-state index contributed by atoms with van der Waals surface area (Å²) in [6.07, 6.45) is 3.77. The Bertz CT molecular complexity index is 504. The molecule has 2 aromatic rings. The maximum absolute atomic E-state index is 9.37. The van der Waals surface area contributed by atoms with E-state index in [1.165, 1.54) is 11.1 Å². The van der Waals surface area contributed by atoms with E-state index in [0.717, 1.165) is 12.8 Å². The minimum atomic E-state index is 0.217. The first-order chi connectivity index (χ1) is 9.85. The predicted molar refractivity (Wildman–Crippen MR) is 84.7 cm³/mol. The summed E-state index contributed by atoms with van der Waals surface area (Å²) in [6, 6.07) is 20.9. The van der Waals surface area contributed by atoms with Crippen molar-refractivity contribution in [3.8, 4) is 0 Å². The highest BCUT2D eigenvalue weighted by atomic mass is 16.3. The molecule has 0 fully saturated rings. The smallest absolute Gasteiger partial charge is 0.0434 e. The summed E-state index contributed by atoms with van der Waals surface area (Å²) in [5, 5.41) is 9.37. The van der Waals surface area contributed by atoms with E-state index >= 15 is 0 Å². The van der Waals surface area contributed by atoms with Gasteiger partial charge in [-0.25, -0.2) is 0 Å². The van der Waals surface area contributed by atoms with Crippen molar-refractivity contribution in [1.29, 1.82) is 0 Å². The van der Waals surface area contributed by atoms with E-state index in [1.54, 1.807) is 0 Å². The van der Waals surface area contributed by atoms with Crippen molar-refractivity contribution >= 4 is 0 Å². The molecule has 0 amide bonds. The molecule has 0 heterocycles. The summed E-state index contributed by atoms with van der Waals surface area (Å²) < 4.78 is 0. The molecule has 2 atom stereocenters. The maximum Gasteiger partial charge on any atom is 0.0434 e. The minimum absolute atomic E-state index is 0.217. The molecule has 20 heavy (non-hydrogen) atoms. The van der Waals surface area contributed by atoms with Crippen molar-refractivity contribution in [2.45, 2.75) is 18.8 Å². The van der Waals surface area contributed by atoms with E-state index in [0.29, 0.717) is 5.92 Å². The largest absolute Gasteiger partial charge is 0.396 e. The molecule has 0 unspecified atom stereocenters. The zero-order valence-electron chi connectivity index (χ0n) is 11.8. The Morgan fingerprint density at radius 2 is 1.55 bits per heavy atom. The summed E-state index contributed by atoms with van der Waals surface area (Å²) >= 11 is 0. The number of hydrogen-bond acceptors (Lipinski definition) is 1. The summed E-state index contributed by atoms with van der Waals surface area (Å²) in [5.41, 5.74) is 2.59. The van der Waals surface area contributed by atoms with Gasteiger partial charge in [0.05, 0.1) is 0 Å². The van der Waals surface area contributed by atoms with Crippen molar-refractivity contribution in [2.24, 2.45) is 5.92 Å². The number of aliphatic hydroxyl groups excluding tert-OH is 1. The van der Waals surface area contributed by atoms with Crippen LogP contribution in [-0.4, -0.2) is 11.7 Å². The first kappa shape index (κ1) is 14.5. The van der Waals surface area contributed by atoms with Crippen molar-refractivity contribution < 1.29 is 5.11 Å². The van der Waals surface area contributed by atoms with E-state index in [2.05, 4.69) is 55.1 Å². The Morgan fingerprint density at radius 1 is 0.950 bits per heavy atom. The van der Waals surface area contributed by atoms with E-state index in [4.69, 9.17) is 0 Å². The van der Waals surface area contributed by atoms with Crippen LogP contribution >= 0.6 is 0 Å². The van der Waals surface area contributed by atoms with Gasteiger partial charge in [0, 0.05) is 12.5 Å². The second kappa shape index (κ2) is 7.66. The molecule has 0 saturated heterocycles. The van der Waals surface area contributed by atoms with Crippen LogP contribution in [0.2, 0.25) is 0 Å². The third kappa shape index (κ3) is 3.82. The lowest BCUT2D eigenvalue weighted by Crippen LogP contribution is -2.15. The van der Waals surface area contributed by atoms with Crippen LogP contribution < -0.4 is 0 Å². The Hall–Kier alpha value is -1.86. The number of hydrogen-bond donors (Lipinski definition) is 1. The highest BCUT2D eigenvalue weighted by Gasteiger charge is 2.20. The zero-order chi connectivity index (χ0) is 14.2. The molecular formula is C19H22O. The number of rotatable bonds is 7. The molecule has 0 spiro atoms. The molecule has 1 N–H and O–H groups in total. The standard InChI is InChI=1S/C19H22O/c1-2-19(17-11-7-4-8-12-17)18(13-14-20)15-16-9-5-3-6-10-16/h2-12,18-20H,1,13-15H2/t18-,19-/m1/s1. The topological polar surface area (TPSA) is 20.2 Å². The molecule has 0 radical (unpaired) electrons. The molecule has 104 valence electrons. The average molecular weight is 266 g/mol. The van der Waals surface area contributed by atoms with Gasteiger partial charge < -0.3 is 5.11 Å². The normalized spacial score (nSPS) is 13.7. The molecule has 2 aromatic carbocycles. The van der Waals surface area contributed by atoms with Crippen molar-refractivity contribution in [1.82, 2.24) is 0 Å². The fourth-order valence-electron chi connectivity index (χ4n) is 2.77. The van der Waals surface area contributed by atoms with Gasteiger partial charge in [0.15, 0.2) is 0 Å². The SMILES string of the molecule is C=C[C@H](c1ccccc1)[C@H](CCO)Cc1ccccc1. The van der Waals surface area contributed by atoms with Crippen LogP contribution in [-0.2, 0) is 6.42 Å². The maximum atomic E-state index is 9.37. The monoisotopic (exact) mass is 266 g/mol. The molecule has 1 nitrogen and oxygen atoms in total. The van der Waals surface area contributed by atoms with Crippen molar-refractivity contribution in [3.05, 3.63) is 84.4 Å². The Morgan fingerprint density at radius 3 is 2.10 bits per heavy atom. The van der Waals surface area contributed by atoms with Crippen LogP contribution in [0.4, 0.5) is 0 Å². The highest BCUT2D eigenvalue weighted by molar-refractivity contribution is 5.25. The van der Waals surface area contributed by atoms with Crippen LogP contribution in [0.3, 0.4) is 0 Å². The zero-order valence-corrected chi connectivity index (χ0v) is 11.8.